The summed E-state index contributed by atoms with van der Waals surface area (Å²) in [5, 5.41) is 10.9. The Bertz CT molecular complexity index is 676. The number of aliphatic imine (C=N–C) groups is 1. The Balaban J connectivity index is 2.25. The van der Waals surface area contributed by atoms with Crippen LogP contribution in [0.3, 0.4) is 0 Å². The van der Waals surface area contributed by atoms with Gasteiger partial charge < -0.3 is 4.90 Å². The Kier molecular flexibility index (Phi) is 4.33. The molecule has 2 rings (SSSR count). The first kappa shape index (κ1) is 14.7. The van der Waals surface area contributed by atoms with Crippen LogP contribution in [0.25, 0.3) is 0 Å². The Morgan fingerprint density at radius 2 is 1.81 bits per heavy atom. The first-order chi connectivity index (χ1) is 9.99. The largest absolute Gasteiger partial charge is 0.378 e. The first-order valence-corrected chi connectivity index (χ1v) is 6.54. The van der Waals surface area contributed by atoms with E-state index in [9.17, 15) is 10.1 Å². The number of benzene rings is 2. The summed E-state index contributed by atoms with van der Waals surface area (Å²) in [4.78, 5) is 16.9. The molecule has 0 aliphatic heterocycles. The molecule has 0 amide bonds. The van der Waals surface area contributed by atoms with Crippen LogP contribution in [-0.4, -0.2) is 25.2 Å². The third-order valence-electron chi connectivity index (χ3n) is 3.24. The van der Waals surface area contributed by atoms with E-state index in [-0.39, 0.29) is 10.6 Å². The minimum atomic E-state index is -0.389. The summed E-state index contributed by atoms with van der Waals surface area (Å²) < 4.78 is 0. The molecule has 0 aromatic heterocycles. The lowest BCUT2D eigenvalue weighted by Gasteiger charge is -2.11. The Labute approximate surface area is 123 Å². The second-order valence-electron chi connectivity index (χ2n) is 4.92. The number of nitro benzene ring substituents is 1. The maximum Gasteiger partial charge on any atom is 0.274 e. The molecule has 0 unspecified atom stereocenters. The van der Waals surface area contributed by atoms with E-state index in [2.05, 4.69) is 4.99 Å². The third-order valence-corrected chi connectivity index (χ3v) is 3.24. The summed E-state index contributed by atoms with van der Waals surface area (Å²) >= 11 is 0. The summed E-state index contributed by atoms with van der Waals surface area (Å²) in [6.07, 6.45) is 1.71. The van der Waals surface area contributed by atoms with E-state index in [0.717, 1.165) is 11.3 Å². The molecule has 108 valence electrons. The predicted octanol–water partition coefficient (Wildman–Crippen LogP) is 3.72. The molecule has 0 spiro atoms. The molecule has 0 saturated carbocycles. The van der Waals surface area contributed by atoms with Gasteiger partial charge in [-0.3, -0.25) is 15.1 Å². The van der Waals surface area contributed by atoms with Crippen molar-refractivity contribution < 1.29 is 4.92 Å². The normalized spacial score (nSPS) is 10.8. The summed E-state index contributed by atoms with van der Waals surface area (Å²) in [6, 6.07) is 12.8. The highest BCUT2D eigenvalue weighted by molar-refractivity contribution is 5.83. The molecule has 2 aromatic rings. The lowest BCUT2D eigenvalue weighted by Crippen LogP contribution is -2.08. The molecule has 0 aliphatic carbocycles. The maximum absolute atomic E-state index is 10.9. The van der Waals surface area contributed by atoms with Crippen molar-refractivity contribution in [3.63, 3.8) is 0 Å². The molecule has 0 aliphatic rings. The second kappa shape index (κ2) is 6.17. The number of nitrogens with zero attached hydrogens (tertiary/aromatic N) is 3. The van der Waals surface area contributed by atoms with Gasteiger partial charge in [-0.05, 0) is 30.7 Å². The molecule has 0 heterocycles. The zero-order valence-corrected chi connectivity index (χ0v) is 12.3. The maximum atomic E-state index is 10.9. The molecule has 21 heavy (non-hydrogen) atoms. The van der Waals surface area contributed by atoms with Crippen LogP contribution in [0.4, 0.5) is 17.1 Å². The van der Waals surface area contributed by atoms with Crippen molar-refractivity contribution in [3.8, 4) is 0 Å². The highest BCUT2D eigenvalue weighted by Gasteiger charge is 2.12. The van der Waals surface area contributed by atoms with Gasteiger partial charge >= 0.3 is 0 Å². The van der Waals surface area contributed by atoms with E-state index in [1.54, 1.807) is 25.3 Å². The highest BCUT2D eigenvalue weighted by Crippen LogP contribution is 2.27. The van der Waals surface area contributed by atoms with Gasteiger partial charge in [0.1, 0.15) is 0 Å². The summed E-state index contributed by atoms with van der Waals surface area (Å²) in [5.74, 6) is 0. The van der Waals surface area contributed by atoms with Crippen LogP contribution in [0.2, 0.25) is 0 Å². The molecule has 0 radical (unpaired) electrons. The zero-order chi connectivity index (χ0) is 15.4. The number of rotatable bonds is 4. The number of nitro groups is 1. The minimum absolute atomic E-state index is 0.0904. The lowest BCUT2D eigenvalue weighted by atomic mass is 10.1. The van der Waals surface area contributed by atoms with E-state index in [0.29, 0.717) is 11.3 Å². The van der Waals surface area contributed by atoms with Crippen molar-refractivity contribution >= 4 is 23.3 Å². The SMILES string of the molecule is Cc1c(/N=C/c2ccc(N(C)C)cc2)cccc1[N+](=O)[O-]. The van der Waals surface area contributed by atoms with E-state index >= 15 is 0 Å². The fraction of sp³-hybridized carbons (Fsp3) is 0.188. The predicted molar refractivity (Wildman–Crippen MR) is 85.9 cm³/mol. The van der Waals surface area contributed by atoms with Crippen LogP contribution in [-0.2, 0) is 0 Å². The van der Waals surface area contributed by atoms with Crippen molar-refractivity contribution in [1.82, 2.24) is 0 Å². The summed E-state index contributed by atoms with van der Waals surface area (Å²) in [5.41, 5.74) is 3.34. The van der Waals surface area contributed by atoms with Crippen LogP contribution in [0.5, 0.6) is 0 Å². The summed E-state index contributed by atoms with van der Waals surface area (Å²) in [7, 11) is 3.96. The minimum Gasteiger partial charge on any atom is -0.378 e. The van der Waals surface area contributed by atoms with Crippen molar-refractivity contribution in [1.29, 1.82) is 0 Å². The van der Waals surface area contributed by atoms with Gasteiger partial charge in [-0.1, -0.05) is 18.2 Å². The quantitative estimate of drug-likeness (QED) is 0.488. The Morgan fingerprint density at radius 1 is 1.14 bits per heavy atom. The Hall–Kier alpha value is -2.69. The van der Waals surface area contributed by atoms with Crippen LogP contribution in [0.15, 0.2) is 47.5 Å². The zero-order valence-electron chi connectivity index (χ0n) is 12.3. The molecule has 5 heteroatoms. The summed E-state index contributed by atoms with van der Waals surface area (Å²) in [6.45, 7) is 1.71. The molecule has 0 saturated heterocycles. The van der Waals surface area contributed by atoms with E-state index in [4.69, 9.17) is 0 Å². The number of anilines is 1. The first-order valence-electron chi connectivity index (χ1n) is 6.54. The van der Waals surface area contributed by atoms with Crippen molar-refractivity contribution in [2.45, 2.75) is 6.92 Å². The Morgan fingerprint density at radius 3 is 2.38 bits per heavy atom. The number of hydrogen-bond acceptors (Lipinski definition) is 4. The molecule has 2 aromatic carbocycles. The molecule has 0 fully saturated rings. The molecule has 5 nitrogen and oxygen atoms in total. The highest BCUT2D eigenvalue weighted by atomic mass is 16.6. The van der Waals surface area contributed by atoms with Gasteiger partial charge in [-0.15, -0.1) is 0 Å². The number of hydrogen-bond donors (Lipinski definition) is 0. The topological polar surface area (TPSA) is 58.7 Å². The van der Waals surface area contributed by atoms with Gasteiger partial charge in [0.2, 0.25) is 0 Å². The van der Waals surface area contributed by atoms with Gasteiger partial charge in [0, 0.05) is 32.1 Å². The smallest absolute Gasteiger partial charge is 0.274 e. The van der Waals surface area contributed by atoms with Crippen molar-refractivity contribution in [2.75, 3.05) is 19.0 Å². The fourth-order valence-corrected chi connectivity index (χ4v) is 1.95. The molecule has 0 bridgehead atoms. The van der Waals surface area contributed by atoms with E-state index < -0.39 is 0 Å². The third kappa shape index (κ3) is 3.45. The van der Waals surface area contributed by atoms with Crippen LogP contribution < -0.4 is 4.90 Å². The van der Waals surface area contributed by atoms with Gasteiger partial charge in [0.25, 0.3) is 5.69 Å². The van der Waals surface area contributed by atoms with Gasteiger partial charge in [0.15, 0.2) is 0 Å². The standard InChI is InChI=1S/C16H17N3O2/c1-12-15(5-4-6-16(12)19(20)21)17-11-13-7-9-14(10-8-13)18(2)3/h4-11H,1-3H3/b17-11+. The van der Waals surface area contributed by atoms with Crippen LogP contribution in [0.1, 0.15) is 11.1 Å². The lowest BCUT2D eigenvalue weighted by molar-refractivity contribution is -0.385. The molecule has 0 N–H and O–H groups in total. The van der Waals surface area contributed by atoms with Crippen molar-refractivity contribution in [3.05, 3.63) is 63.7 Å². The van der Waals surface area contributed by atoms with Crippen LogP contribution >= 0.6 is 0 Å². The average Bonchev–Trinajstić information content (AvgIpc) is 2.46. The molecular formula is C16H17N3O2. The average molecular weight is 283 g/mol. The fourth-order valence-electron chi connectivity index (χ4n) is 1.95. The van der Waals surface area contributed by atoms with Crippen molar-refractivity contribution in [2.24, 2.45) is 4.99 Å². The second-order valence-corrected chi connectivity index (χ2v) is 4.92. The van der Waals surface area contributed by atoms with Gasteiger partial charge in [0.05, 0.1) is 16.2 Å². The van der Waals surface area contributed by atoms with E-state index in [1.165, 1.54) is 6.07 Å². The monoisotopic (exact) mass is 283 g/mol. The molecule has 0 atom stereocenters. The van der Waals surface area contributed by atoms with Gasteiger partial charge in [-0.25, -0.2) is 0 Å². The van der Waals surface area contributed by atoms with Crippen LogP contribution in [0, 0.1) is 17.0 Å². The van der Waals surface area contributed by atoms with Gasteiger partial charge in [-0.2, -0.15) is 0 Å². The molecular weight excluding hydrogens is 266 g/mol. The van der Waals surface area contributed by atoms with E-state index in [1.807, 2.05) is 43.3 Å².